The molecule has 2 atom stereocenters. The van der Waals surface area contributed by atoms with Crippen molar-refractivity contribution < 1.29 is 17.6 Å². The largest absolute Gasteiger partial charge is 0.347 e. The average molecular weight is 521 g/mol. The van der Waals surface area contributed by atoms with Gasteiger partial charge in [-0.05, 0) is 79.8 Å². The number of sulfonamides is 1. The summed E-state index contributed by atoms with van der Waals surface area (Å²) in [5.41, 5.74) is 1.85. The lowest BCUT2D eigenvalue weighted by molar-refractivity contribution is -0.122. The van der Waals surface area contributed by atoms with Gasteiger partial charge in [0.25, 0.3) is 10.0 Å². The number of hydrogen-bond donors (Lipinski definition) is 1. The first kappa shape index (κ1) is 24.5. The smallest absolute Gasteiger partial charge is 0.265 e. The van der Waals surface area contributed by atoms with E-state index in [1.165, 1.54) is 43.3 Å². The lowest BCUT2D eigenvalue weighted by Gasteiger charge is -2.32. The molecule has 0 fully saturated rings. The van der Waals surface area contributed by atoms with E-state index >= 15 is 0 Å². The van der Waals surface area contributed by atoms with Crippen molar-refractivity contribution in [1.29, 1.82) is 0 Å². The van der Waals surface area contributed by atoms with Gasteiger partial charge < -0.3 is 5.32 Å². The molecule has 0 aliphatic heterocycles. The van der Waals surface area contributed by atoms with Crippen molar-refractivity contribution >= 4 is 44.8 Å². The number of hydrogen-bond acceptors (Lipinski definition) is 3. The number of amides is 1. The molecule has 178 valence electrons. The SMILES string of the molecule is CC(C(=O)NC1CCCc2ccccc21)N(c1cc(Cl)ccc1F)S(=O)(=O)c1ccc(Cl)cc1. The van der Waals surface area contributed by atoms with Crippen molar-refractivity contribution in [1.82, 2.24) is 5.32 Å². The molecule has 0 bridgehead atoms. The van der Waals surface area contributed by atoms with Crippen LogP contribution in [0.3, 0.4) is 0 Å². The molecule has 1 N–H and O–H groups in total. The Morgan fingerprint density at radius 1 is 1.06 bits per heavy atom. The van der Waals surface area contributed by atoms with Crippen LogP contribution in [0.1, 0.15) is 36.9 Å². The van der Waals surface area contributed by atoms with Gasteiger partial charge in [-0.1, -0.05) is 47.5 Å². The Bertz CT molecular complexity index is 1320. The highest BCUT2D eigenvalue weighted by molar-refractivity contribution is 7.93. The molecular formula is C25H23Cl2FN2O3S. The van der Waals surface area contributed by atoms with Crippen molar-refractivity contribution in [3.8, 4) is 0 Å². The molecule has 1 aliphatic rings. The van der Waals surface area contributed by atoms with Gasteiger partial charge in [0.2, 0.25) is 5.91 Å². The van der Waals surface area contributed by atoms with E-state index in [1.807, 2.05) is 24.3 Å². The number of rotatable bonds is 6. The first-order valence-electron chi connectivity index (χ1n) is 10.8. The summed E-state index contributed by atoms with van der Waals surface area (Å²) < 4.78 is 42.9. The highest BCUT2D eigenvalue weighted by Crippen LogP contribution is 2.33. The molecule has 0 spiro atoms. The summed E-state index contributed by atoms with van der Waals surface area (Å²) in [6.07, 6.45) is 2.54. The number of benzene rings is 3. The van der Waals surface area contributed by atoms with E-state index in [1.54, 1.807) is 0 Å². The van der Waals surface area contributed by atoms with Gasteiger partial charge in [-0.15, -0.1) is 0 Å². The number of carbonyl (C=O) groups is 1. The monoisotopic (exact) mass is 520 g/mol. The van der Waals surface area contributed by atoms with E-state index in [-0.39, 0.29) is 21.6 Å². The molecule has 34 heavy (non-hydrogen) atoms. The lowest BCUT2D eigenvalue weighted by Crippen LogP contribution is -2.49. The quantitative estimate of drug-likeness (QED) is 0.439. The summed E-state index contributed by atoms with van der Waals surface area (Å²) in [5, 5.41) is 3.46. The Balaban J connectivity index is 1.72. The van der Waals surface area contributed by atoms with Gasteiger partial charge >= 0.3 is 0 Å². The molecule has 0 heterocycles. The molecular weight excluding hydrogens is 498 g/mol. The van der Waals surface area contributed by atoms with Gasteiger partial charge in [-0.2, -0.15) is 0 Å². The number of carbonyl (C=O) groups excluding carboxylic acids is 1. The van der Waals surface area contributed by atoms with Crippen molar-refractivity contribution in [2.75, 3.05) is 4.31 Å². The Kier molecular flexibility index (Phi) is 7.17. The van der Waals surface area contributed by atoms with E-state index in [0.717, 1.165) is 40.8 Å². The van der Waals surface area contributed by atoms with E-state index in [2.05, 4.69) is 5.32 Å². The minimum Gasteiger partial charge on any atom is -0.347 e. The molecule has 2 unspecified atom stereocenters. The fourth-order valence-electron chi connectivity index (χ4n) is 4.22. The molecule has 3 aromatic rings. The van der Waals surface area contributed by atoms with Crippen LogP contribution in [0, 0.1) is 5.82 Å². The molecule has 1 aliphatic carbocycles. The normalized spacial score (nSPS) is 16.4. The zero-order valence-corrected chi connectivity index (χ0v) is 20.7. The van der Waals surface area contributed by atoms with Crippen LogP contribution >= 0.6 is 23.2 Å². The summed E-state index contributed by atoms with van der Waals surface area (Å²) >= 11 is 12.0. The third-order valence-electron chi connectivity index (χ3n) is 5.93. The summed E-state index contributed by atoms with van der Waals surface area (Å²) in [6.45, 7) is 1.43. The maximum atomic E-state index is 14.9. The second kappa shape index (κ2) is 9.94. The number of halogens is 3. The van der Waals surface area contributed by atoms with Crippen LogP contribution in [0.15, 0.2) is 71.6 Å². The molecule has 0 aromatic heterocycles. The van der Waals surface area contributed by atoms with Crippen LogP contribution in [0.5, 0.6) is 0 Å². The zero-order valence-electron chi connectivity index (χ0n) is 18.3. The van der Waals surface area contributed by atoms with Gasteiger partial charge in [-0.25, -0.2) is 12.8 Å². The molecule has 9 heteroatoms. The molecule has 4 rings (SSSR count). The summed E-state index contributed by atoms with van der Waals surface area (Å²) in [6, 6.07) is 15.4. The summed E-state index contributed by atoms with van der Waals surface area (Å²) in [5.74, 6) is -1.36. The van der Waals surface area contributed by atoms with Gasteiger partial charge in [0.1, 0.15) is 11.9 Å². The first-order valence-corrected chi connectivity index (χ1v) is 13.0. The topological polar surface area (TPSA) is 66.5 Å². The molecule has 3 aromatic carbocycles. The second-order valence-electron chi connectivity index (χ2n) is 8.18. The zero-order chi connectivity index (χ0) is 24.5. The predicted molar refractivity (Wildman–Crippen MR) is 132 cm³/mol. The minimum atomic E-state index is -4.34. The summed E-state index contributed by atoms with van der Waals surface area (Å²) in [4.78, 5) is 13.2. The highest BCUT2D eigenvalue weighted by Gasteiger charge is 2.36. The van der Waals surface area contributed by atoms with E-state index in [0.29, 0.717) is 5.02 Å². The molecule has 0 radical (unpaired) electrons. The van der Waals surface area contributed by atoms with Crippen LogP contribution in [-0.4, -0.2) is 20.4 Å². The minimum absolute atomic E-state index is 0.126. The number of fused-ring (bicyclic) bond motifs is 1. The number of nitrogens with zero attached hydrogens (tertiary/aromatic N) is 1. The number of nitrogens with one attached hydrogen (secondary N) is 1. The summed E-state index contributed by atoms with van der Waals surface area (Å²) in [7, 11) is -4.34. The van der Waals surface area contributed by atoms with Crippen LogP contribution < -0.4 is 9.62 Å². The maximum absolute atomic E-state index is 14.9. The predicted octanol–water partition coefficient (Wildman–Crippen LogP) is 5.91. The van der Waals surface area contributed by atoms with Crippen molar-refractivity contribution in [2.45, 2.75) is 43.2 Å². The fraction of sp³-hybridized carbons (Fsp3) is 0.240. The Morgan fingerprint density at radius 3 is 2.47 bits per heavy atom. The van der Waals surface area contributed by atoms with Gasteiger partial charge in [0, 0.05) is 10.0 Å². The van der Waals surface area contributed by atoms with Gasteiger partial charge in [-0.3, -0.25) is 9.10 Å². The number of anilines is 1. The van der Waals surface area contributed by atoms with E-state index in [4.69, 9.17) is 23.2 Å². The standard InChI is InChI=1S/C25H23Cl2FN2O3S/c1-16(25(31)29-23-8-4-6-17-5-2-3-7-21(17)23)30(24-15-19(27)11-14-22(24)28)34(32,33)20-12-9-18(26)10-13-20/h2-3,5,7,9-16,23H,4,6,8H2,1H3,(H,29,31). The van der Waals surface area contributed by atoms with Crippen LogP contribution in [-0.2, 0) is 21.2 Å². The molecule has 1 amide bonds. The van der Waals surface area contributed by atoms with Crippen LogP contribution in [0.2, 0.25) is 10.0 Å². The van der Waals surface area contributed by atoms with Gasteiger partial charge in [0.15, 0.2) is 0 Å². The Morgan fingerprint density at radius 2 is 1.74 bits per heavy atom. The average Bonchev–Trinajstić information content (AvgIpc) is 2.81. The lowest BCUT2D eigenvalue weighted by atomic mass is 9.87. The van der Waals surface area contributed by atoms with E-state index < -0.39 is 27.8 Å². The van der Waals surface area contributed by atoms with Crippen molar-refractivity contribution in [3.05, 3.63) is 93.7 Å². The Hall–Kier alpha value is -2.61. The van der Waals surface area contributed by atoms with Crippen molar-refractivity contribution in [2.24, 2.45) is 0 Å². The van der Waals surface area contributed by atoms with E-state index in [9.17, 15) is 17.6 Å². The van der Waals surface area contributed by atoms with Crippen molar-refractivity contribution in [3.63, 3.8) is 0 Å². The van der Waals surface area contributed by atoms with Gasteiger partial charge in [0.05, 0.1) is 16.6 Å². The third-order valence-corrected chi connectivity index (χ3v) is 8.32. The number of aryl methyl sites for hydroxylation is 1. The first-order chi connectivity index (χ1) is 16.2. The maximum Gasteiger partial charge on any atom is 0.265 e. The third kappa shape index (κ3) is 4.92. The molecule has 0 saturated heterocycles. The highest BCUT2D eigenvalue weighted by atomic mass is 35.5. The molecule has 0 saturated carbocycles. The fourth-order valence-corrected chi connectivity index (χ4v) is 6.13. The van der Waals surface area contributed by atoms with Crippen LogP contribution in [0.25, 0.3) is 0 Å². The molecule has 5 nitrogen and oxygen atoms in total. The Labute approximate surface area is 208 Å². The van der Waals surface area contributed by atoms with Crippen LogP contribution in [0.4, 0.5) is 10.1 Å². The second-order valence-corrected chi connectivity index (χ2v) is 10.9.